The van der Waals surface area contributed by atoms with E-state index in [-0.39, 0.29) is 28.3 Å². The molecule has 12 nitrogen and oxygen atoms in total. The van der Waals surface area contributed by atoms with Gasteiger partial charge in [-0.15, -0.1) is 0 Å². The van der Waals surface area contributed by atoms with Crippen LogP contribution >= 0.6 is 0 Å². The number of aromatic nitrogens is 4. The van der Waals surface area contributed by atoms with E-state index in [4.69, 9.17) is 4.98 Å². The number of rotatable bonds is 8. The summed E-state index contributed by atoms with van der Waals surface area (Å²) in [5, 5.41) is 5.98. The minimum atomic E-state index is -5.50. The van der Waals surface area contributed by atoms with Crippen LogP contribution in [0.4, 0.5) is 19.1 Å². The quantitative estimate of drug-likeness (QED) is 0.272. The lowest BCUT2D eigenvalue weighted by atomic mass is 10.1. The number of carbonyl (C=O) groups excluding carboxylic acids is 2. The summed E-state index contributed by atoms with van der Waals surface area (Å²) in [5.74, 6) is -3.19. The van der Waals surface area contributed by atoms with Gasteiger partial charge in [-0.25, -0.2) is 14.2 Å². The summed E-state index contributed by atoms with van der Waals surface area (Å²) in [5.41, 5.74) is 0.342. The van der Waals surface area contributed by atoms with Crippen molar-refractivity contribution in [3.05, 3.63) is 98.2 Å². The van der Waals surface area contributed by atoms with E-state index in [1.807, 2.05) is 60.7 Å². The number of fused-ring (bicyclic) bond motifs is 3. The van der Waals surface area contributed by atoms with Crippen LogP contribution < -0.4 is 26.8 Å². The van der Waals surface area contributed by atoms with E-state index in [0.717, 1.165) is 34.2 Å². The molecule has 2 saturated heterocycles. The van der Waals surface area contributed by atoms with Gasteiger partial charge in [-0.05, 0) is 41.9 Å². The molecule has 3 atom stereocenters. The van der Waals surface area contributed by atoms with Gasteiger partial charge in [-0.2, -0.15) is 18.2 Å². The van der Waals surface area contributed by atoms with Gasteiger partial charge in [0.15, 0.2) is 11.2 Å². The van der Waals surface area contributed by atoms with E-state index in [2.05, 4.69) is 20.3 Å². The molecule has 0 saturated carbocycles. The van der Waals surface area contributed by atoms with E-state index in [1.165, 1.54) is 7.05 Å². The molecule has 4 heterocycles. The molecule has 256 valence electrons. The summed E-state index contributed by atoms with van der Waals surface area (Å²) in [4.78, 5) is 60.9. The maximum Gasteiger partial charge on any atom is 0.491 e. The van der Waals surface area contributed by atoms with E-state index < -0.39 is 41.6 Å². The summed E-state index contributed by atoms with van der Waals surface area (Å²) < 4.78 is 48.1. The van der Waals surface area contributed by atoms with Gasteiger partial charge in [0.2, 0.25) is 5.95 Å². The Bertz CT molecular complexity index is 2050. The SMILES string of the molecule is Cn1c(=O)n(C(OC(=O)C(F)(F)F)C(=O)NC2Cc3ccccc3C2)c(=O)c2c1nc(N1CCC3CNCC31)n2CC=Cc1ccccc1. The smallest absolute Gasteiger partial charge is 0.424 e. The largest absolute Gasteiger partial charge is 0.491 e. The third-order valence-electron chi connectivity index (χ3n) is 9.57. The van der Waals surface area contributed by atoms with Gasteiger partial charge in [0, 0.05) is 45.3 Å². The van der Waals surface area contributed by atoms with Crippen molar-refractivity contribution in [2.45, 2.75) is 50.3 Å². The number of halogens is 3. The highest BCUT2D eigenvalue weighted by atomic mass is 19.4. The molecule has 3 aliphatic rings. The van der Waals surface area contributed by atoms with Crippen molar-refractivity contribution in [1.82, 2.24) is 29.3 Å². The minimum absolute atomic E-state index is 0.0173. The molecule has 0 radical (unpaired) electrons. The van der Waals surface area contributed by atoms with Crippen molar-refractivity contribution in [3.8, 4) is 0 Å². The van der Waals surface area contributed by atoms with Gasteiger partial charge < -0.3 is 24.8 Å². The number of aryl methyl sites for hydroxylation is 1. The lowest BCUT2D eigenvalue weighted by Gasteiger charge is -2.25. The highest BCUT2D eigenvalue weighted by molar-refractivity contribution is 5.84. The van der Waals surface area contributed by atoms with Crippen molar-refractivity contribution in [1.29, 1.82) is 0 Å². The lowest BCUT2D eigenvalue weighted by molar-refractivity contribution is -0.210. The molecule has 1 amide bonds. The predicted octanol–water partition coefficient (Wildman–Crippen LogP) is 2.30. The normalized spacial score (nSPS) is 19.8. The summed E-state index contributed by atoms with van der Waals surface area (Å²) in [6.07, 6.45) is -2.78. The van der Waals surface area contributed by atoms with E-state index in [1.54, 1.807) is 10.6 Å². The lowest BCUT2D eigenvalue weighted by Crippen LogP contribution is -2.51. The molecular formula is C34H34F3N7O5. The topological polar surface area (TPSA) is 132 Å². The van der Waals surface area contributed by atoms with Crippen LogP contribution in [0.5, 0.6) is 0 Å². The maximum atomic E-state index is 14.4. The average molecular weight is 678 g/mol. The van der Waals surface area contributed by atoms with Gasteiger partial charge in [0.25, 0.3) is 17.7 Å². The van der Waals surface area contributed by atoms with E-state index in [0.29, 0.717) is 37.8 Å². The Kier molecular flexibility index (Phi) is 8.38. The number of nitrogens with one attached hydrogen (secondary N) is 2. The Morgan fingerprint density at radius 2 is 1.76 bits per heavy atom. The van der Waals surface area contributed by atoms with Crippen LogP contribution in [0.3, 0.4) is 0 Å². The number of nitrogens with zero attached hydrogens (tertiary/aromatic N) is 5. The Balaban J connectivity index is 1.34. The number of alkyl halides is 3. The first-order valence-electron chi connectivity index (χ1n) is 16.1. The molecule has 2 fully saturated rings. The van der Waals surface area contributed by atoms with Crippen molar-refractivity contribution in [2.75, 3.05) is 24.5 Å². The van der Waals surface area contributed by atoms with Gasteiger partial charge >= 0.3 is 17.8 Å². The second-order valence-electron chi connectivity index (χ2n) is 12.6. The Morgan fingerprint density at radius 1 is 1.06 bits per heavy atom. The van der Waals surface area contributed by atoms with Crippen LogP contribution in [0, 0.1) is 5.92 Å². The maximum absolute atomic E-state index is 14.4. The highest BCUT2D eigenvalue weighted by Crippen LogP contribution is 2.33. The summed E-state index contributed by atoms with van der Waals surface area (Å²) in [6.45, 7) is 2.27. The second kappa shape index (κ2) is 12.7. The first-order valence-corrected chi connectivity index (χ1v) is 16.1. The zero-order chi connectivity index (χ0) is 34.4. The number of amides is 1. The van der Waals surface area contributed by atoms with Crippen molar-refractivity contribution < 1.29 is 27.5 Å². The Labute approximate surface area is 277 Å². The van der Waals surface area contributed by atoms with Crippen LogP contribution in [0.25, 0.3) is 17.2 Å². The van der Waals surface area contributed by atoms with Crippen molar-refractivity contribution in [2.24, 2.45) is 13.0 Å². The standard InChI is InChI=1S/C34H34F3N7O5/c1-41-27-26(43(14-7-10-20-8-3-2-4-9-20)32(40-27)42-15-13-23-18-38-19-25(23)42)29(46)44(33(41)48)30(49-31(47)34(35,36)37)28(45)39-24-16-21-11-5-6-12-22(21)17-24/h2-12,23-25,30,38H,13-19H2,1H3,(H,39,45). The molecular weight excluding hydrogens is 643 g/mol. The number of allylic oxidation sites excluding steroid dienone is 1. The fourth-order valence-corrected chi connectivity index (χ4v) is 7.21. The molecule has 49 heavy (non-hydrogen) atoms. The number of hydrogen-bond acceptors (Lipinski definition) is 8. The predicted molar refractivity (Wildman–Crippen MR) is 174 cm³/mol. The first kappa shape index (κ1) is 32.4. The third-order valence-corrected chi connectivity index (χ3v) is 9.57. The monoisotopic (exact) mass is 677 g/mol. The van der Waals surface area contributed by atoms with Crippen molar-refractivity contribution in [3.63, 3.8) is 0 Å². The van der Waals surface area contributed by atoms with Gasteiger partial charge in [-0.1, -0.05) is 66.7 Å². The molecule has 2 aromatic heterocycles. The highest BCUT2D eigenvalue weighted by Gasteiger charge is 2.45. The van der Waals surface area contributed by atoms with Crippen LogP contribution in [0.1, 0.15) is 29.3 Å². The number of benzene rings is 2. The molecule has 0 bridgehead atoms. The summed E-state index contributed by atoms with van der Waals surface area (Å²) >= 11 is 0. The summed E-state index contributed by atoms with van der Waals surface area (Å²) in [7, 11) is 1.31. The molecule has 1 aliphatic carbocycles. The van der Waals surface area contributed by atoms with Crippen molar-refractivity contribution >= 4 is 35.1 Å². The number of anilines is 1. The molecule has 2 aromatic carbocycles. The first-order chi connectivity index (χ1) is 23.5. The zero-order valence-electron chi connectivity index (χ0n) is 26.5. The molecule has 4 aromatic rings. The summed E-state index contributed by atoms with van der Waals surface area (Å²) in [6, 6.07) is 16.3. The van der Waals surface area contributed by atoms with Crippen LogP contribution in [-0.4, -0.2) is 68.5 Å². The van der Waals surface area contributed by atoms with Crippen LogP contribution in [0.15, 0.2) is 70.3 Å². The molecule has 3 unspecified atom stereocenters. The number of imidazole rings is 1. The number of hydrogen-bond donors (Lipinski definition) is 2. The van der Waals surface area contributed by atoms with Crippen LogP contribution in [0.2, 0.25) is 0 Å². The molecule has 2 aliphatic heterocycles. The fourth-order valence-electron chi connectivity index (χ4n) is 7.21. The Hall–Kier alpha value is -5.18. The molecule has 15 heteroatoms. The minimum Gasteiger partial charge on any atom is -0.424 e. The molecule has 7 rings (SSSR count). The van der Waals surface area contributed by atoms with Gasteiger partial charge in [-0.3, -0.25) is 14.2 Å². The van der Waals surface area contributed by atoms with E-state index >= 15 is 0 Å². The number of ether oxygens (including phenoxy) is 1. The zero-order valence-corrected chi connectivity index (χ0v) is 26.5. The van der Waals surface area contributed by atoms with E-state index in [9.17, 15) is 32.3 Å². The third kappa shape index (κ3) is 6.03. The Morgan fingerprint density at radius 3 is 2.45 bits per heavy atom. The number of carbonyl (C=O) groups is 2. The average Bonchev–Trinajstić information content (AvgIpc) is 3.86. The fraction of sp³-hybridized carbons (Fsp3) is 0.382. The number of esters is 1. The van der Waals surface area contributed by atoms with Gasteiger partial charge in [0.1, 0.15) is 0 Å². The molecule has 2 N–H and O–H groups in total. The van der Waals surface area contributed by atoms with Gasteiger partial charge in [0.05, 0.1) is 0 Å². The molecule has 0 spiro atoms. The second-order valence-corrected chi connectivity index (χ2v) is 12.6. The van der Waals surface area contributed by atoms with Crippen LogP contribution in [-0.2, 0) is 40.8 Å².